The summed E-state index contributed by atoms with van der Waals surface area (Å²) >= 11 is 0. The van der Waals surface area contributed by atoms with E-state index < -0.39 is 4.65 Å². The summed E-state index contributed by atoms with van der Waals surface area (Å²) in [6, 6.07) is 9.71. The average molecular weight is 301 g/mol. The first-order valence-electron chi connectivity index (χ1n) is 7.15. The maximum Gasteiger partial charge on any atom is 0.212 e. The number of hydroxylamine groups is 3. The number of rotatable bonds is 4. The van der Waals surface area contributed by atoms with Gasteiger partial charge in [0.15, 0.2) is 6.67 Å². The summed E-state index contributed by atoms with van der Waals surface area (Å²) in [5, 5.41) is 28.5. The zero-order valence-electron chi connectivity index (χ0n) is 12.6. The van der Waals surface area contributed by atoms with E-state index in [9.17, 15) is 10.4 Å². The molecule has 0 aliphatic carbocycles. The zero-order chi connectivity index (χ0) is 15.7. The van der Waals surface area contributed by atoms with Crippen LogP contribution in [0, 0.1) is 10.4 Å². The fourth-order valence-corrected chi connectivity index (χ4v) is 2.87. The summed E-state index contributed by atoms with van der Waals surface area (Å²) in [5.41, 5.74) is 1.55. The molecule has 0 fully saturated rings. The highest BCUT2D eigenvalue weighted by Gasteiger charge is 2.36. The molecule has 7 nitrogen and oxygen atoms in total. The van der Waals surface area contributed by atoms with Gasteiger partial charge in [0.2, 0.25) is 11.5 Å². The van der Waals surface area contributed by atoms with Crippen LogP contribution in [0.2, 0.25) is 0 Å². The highest BCUT2D eigenvalue weighted by atomic mass is 16.5. The summed E-state index contributed by atoms with van der Waals surface area (Å²) < 4.78 is 1.09. The van der Waals surface area contributed by atoms with Crippen LogP contribution in [0.4, 0.5) is 5.82 Å². The minimum Gasteiger partial charge on any atom is -0.631 e. The maximum absolute atomic E-state index is 12.4. The number of anilines is 1. The highest BCUT2D eigenvalue weighted by molar-refractivity contribution is 5.44. The molecule has 0 bridgehead atoms. The molecular formula is C15H19N5O2. The van der Waals surface area contributed by atoms with Gasteiger partial charge < -0.3 is 20.0 Å². The Labute approximate surface area is 129 Å². The second-order valence-corrected chi connectivity index (χ2v) is 5.77. The largest absolute Gasteiger partial charge is 0.631 e. The molecule has 1 aromatic heterocycles. The minimum absolute atomic E-state index is 0.201. The van der Waals surface area contributed by atoms with Crippen molar-refractivity contribution in [3.05, 3.63) is 64.7 Å². The molecule has 7 heteroatoms. The van der Waals surface area contributed by atoms with Crippen molar-refractivity contribution in [1.82, 2.24) is 9.78 Å². The van der Waals surface area contributed by atoms with E-state index in [1.165, 1.54) is 0 Å². The van der Waals surface area contributed by atoms with E-state index in [0.29, 0.717) is 29.6 Å². The molecule has 1 unspecified atom stereocenters. The molecule has 2 heterocycles. The number of nitrogens with zero attached hydrogens (tertiary/aromatic N) is 5. The van der Waals surface area contributed by atoms with Crippen LogP contribution < -0.4 is 9.86 Å². The third kappa shape index (κ3) is 2.68. The number of benzene rings is 1. The molecule has 0 radical (unpaired) electrons. The second-order valence-electron chi connectivity index (χ2n) is 5.77. The molecule has 1 aliphatic rings. The highest BCUT2D eigenvalue weighted by Crippen LogP contribution is 2.28. The van der Waals surface area contributed by atoms with E-state index in [-0.39, 0.29) is 13.2 Å². The first kappa shape index (κ1) is 14.6. The zero-order valence-corrected chi connectivity index (χ0v) is 12.6. The normalized spacial score (nSPS) is 20.7. The first-order chi connectivity index (χ1) is 10.5. The predicted octanol–water partition coefficient (Wildman–Crippen LogP) is 0.973. The Hall–Kier alpha value is -2.38. The molecule has 1 aromatic carbocycles. The Morgan fingerprint density at radius 3 is 2.82 bits per heavy atom. The van der Waals surface area contributed by atoms with Crippen LogP contribution in [0.5, 0.6) is 0 Å². The lowest BCUT2D eigenvalue weighted by atomic mass is 10.2. The van der Waals surface area contributed by atoms with Gasteiger partial charge in [-0.25, -0.2) is 0 Å². The van der Waals surface area contributed by atoms with Crippen molar-refractivity contribution >= 4 is 5.82 Å². The molecule has 1 atom stereocenters. The van der Waals surface area contributed by atoms with Gasteiger partial charge in [0.1, 0.15) is 13.1 Å². The van der Waals surface area contributed by atoms with Crippen LogP contribution in [0.25, 0.3) is 0 Å². The van der Waals surface area contributed by atoms with Crippen LogP contribution in [-0.2, 0) is 13.1 Å². The Kier molecular flexibility index (Phi) is 3.59. The van der Waals surface area contributed by atoms with Gasteiger partial charge in [0, 0.05) is 16.6 Å². The Morgan fingerprint density at radius 1 is 1.41 bits per heavy atom. The molecule has 3 rings (SSSR count). The summed E-state index contributed by atoms with van der Waals surface area (Å²) in [5.74, 6) is 0.713. The standard InChI is InChI=1S/C15H19N5O2/c1-3-9-17-12-20(2,22)11-14-15(17)18(19(21)16-14)10-13-7-5-4-6-8-13/h3-8H,1,9-12H2,2H3. The molecule has 0 saturated heterocycles. The molecule has 22 heavy (non-hydrogen) atoms. The Morgan fingerprint density at radius 2 is 2.14 bits per heavy atom. The van der Waals surface area contributed by atoms with E-state index >= 15 is 0 Å². The quantitative estimate of drug-likeness (QED) is 0.365. The topological polar surface area (TPSA) is 71.1 Å². The van der Waals surface area contributed by atoms with Crippen LogP contribution in [0.15, 0.2) is 43.0 Å². The van der Waals surface area contributed by atoms with Gasteiger partial charge >= 0.3 is 0 Å². The van der Waals surface area contributed by atoms with E-state index in [4.69, 9.17) is 0 Å². The predicted molar refractivity (Wildman–Crippen MR) is 82.4 cm³/mol. The Balaban J connectivity index is 2.02. The van der Waals surface area contributed by atoms with Gasteiger partial charge in [0.25, 0.3) is 0 Å². The summed E-state index contributed by atoms with van der Waals surface area (Å²) in [4.78, 5) is 2.45. The summed E-state index contributed by atoms with van der Waals surface area (Å²) in [7, 11) is 1.59. The van der Waals surface area contributed by atoms with Gasteiger partial charge in [-0.3, -0.25) is 0 Å². The van der Waals surface area contributed by atoms with Crippen molar-refractivity contribution in [2.75, 3.05) is 25.2 Å². The lowest BCUT2D eigenvalue weighted by Gasteiger charge is -2.44. The van der Waals surface area contributed by atoms with E-state index in [2.05, 4.69) is 11.7 Å². The molecule has 1 aliphatic heterocycles. The number of hydrogen-bond donors (Lipinski definition) is 0. The van der Waals surface area contributed by atoms with Crippen LogP contribution in [-0.4, -0.2) is 34.7 Å². The average Bonchev–Trinajstić information content (AvgIpc) is 2.75. The van der Waals surface area contributed by atoms with Crippen molar-refractivity contribution in [3.8, 4) is 0 Å². The number of fused-ring (bicyclic) bond motifs is 1. The number of quaternary nitrogens is 1. The smallest absolute Gasteiger partial charge is 0.212 e. The second kappa shape index (κ2) is 5.43. The third-order valence-electron chi connectivity index (χ3n) is 3.69. The maximum atomic E-state index is 12.4. The Bertz CT molecular complexity index is 681. The van der Waals surface area contributed by atoms with Gasteiger partial charge in [-0.05, 0) is 5.56 Å². The summed E-state index contributed by atoms with van der Waals surface area (Å²) in [6.45, 7) is 5.13. The van der Waals surface area contributed by atoms with Gasteiger partial charge in [-0.15, -0.1) is 6.58 Å². The van der Waals surface area contributed by atoms with Gasteiger partial charge in [-0.2, -0.15) is 0 Å². The van der Waals surface area contributed by atoms with Crippen molar-refractivity contribution in [3.63, 3.8) is 0 Å². The van der Waals surface area contributed by atoms with Crippen molar-refractivity contribution < 1.29 is 9.61 Å². The summed E-state index contributed by atoms with van der Waals surface area (Å²) in [6.07, 6.45) is 1.73. The van der Waals surface area contributed by atoms with Crippen LogP contribution in [0.1, 0.15) is 11.3 Å². The first-order valence-corrected chi connectivity index (χ1v) is 7.15. The fourth-order valence-electron chi connectivity index (χ4n) is 2.87. The van der Waals surface area contributed by atoms with Crippen molar-refractivity contribution in [1.29, 1.82) is 0 Å². The molecular weight excluding hydrogens is 282 g/mol. The molecule has 0 N–H and O–H groups in total. The lowest BCUT2D eigenvalue weighted by molar-refractivity contribution is -0.876. The molecule has 0 amide bonds. The monoisotopic (exact) mass is 301 g/mol. The van der Waals surface area contributed by atoms with Gasteiger partial charge in [0.05, 0.1) is 7.05 Å². The molecule has 0 spiro atoms. The fraction of sp³-hybridized carbons (Fsp3) is 0.333. The van der Waals surface area contributed by atoms with E-state index in [1.807, 2.05) is 35.2 Å². The van der Waals surface area contributed by atoms with E-state index in [1.54, 1.807) is 17.8 Å². The van der Waals surface area contributed by atoms with Crippen molar-refractivity contribution in [2.45, 2.75) is 13.1 Å². The molecule has 2 aromatic rings. The van der Waals surface area contributed by atoms with Crippen LogP contribution in [0.3, 0.4) is 0 Å². The van der Waals surface area contributed by atoms with Gasteiger partial charge in [-0.1, -0.05) is 41.1 Å². The molecule has 116 valence electrons. The minimum atomic E-state index is -0.469. The van der Waals surface area contributed by atoms with E-state index in [0.717, 1.165) is 5.56 Å². The molecule has 0 saturated carbocycles. The number of hydrogen-bond acceptors (Lipinski definition) is 4. The lowest BCUT2D eigenvalue weighted by Crippen LogP contribution is -2.51. The van der Waals surface area contributed by atoms with Crippen molar-refractivity contribution in [2.24, 2.45) is 0 Å². The third-order valence-corrected chi connectivity index (χ3v) is 3.69. The number of aromatic nitrogens is 3. The SMILES string of the molecule is C=CCN1C[N+](C)([O-])Cc2n[n+]([O-])n(Cc3ccccc3)c21. The van der Waals surface area contributed by atoms with Crippen LogP contribution >= 0.6 is 0 Å².